The largest absolute Gasteiger partial charge is 0.468 e. The van der Waals surface area contributed by atoms with Crippen LogP contribution < -0.4 is 4.74 Å². The number of fused-ring (bicyclic) bond motifs is 3. The zero-order chi connectivity index (χ0) is 19.6. The monoisotopic (exact) mass is 428 g/mol. The molecule has 0 spiro atoms. The van der Waals surface area contributed by atoms with Crippen molar-refractivity contribution in [2.45, 2.75) is 19.8 Å². The molecule has 1 saturated carbocycles. The second-order valence-corrected chi connectivity index (χ2v) is 8.12. The summed E-state index contributed by atoms with van der Waals surface area (Å²) in [4.78, 5) is 39.1. The molecule has 1 aliphatic heterocycles. The maximum Gasteiger partial charge on any atom is 0.330 e. The van der Waals surface area contributed by atoms with E-state index in [2.05, 4.69) is 15.9 Å². The van der Waals surface area contributed by atoms with Crippen LogP contribution >= 0.6 is 15.9 Å². The second-order valence-electron chi connectivity index (χ2n) is 7.20. The first kappa shape index (κ1) is 17.9. The molecule has 2 aliphatic rings. The number of ether oxygens (including phenoxy) is 2. The number of halogens is 1. The van der Waals surface area contributed by atoms with E-state index in [-0.39, 0.29) is 5.78 Å². The molecule has 4 rings (SSSR count). The third-order valence-corrected chi connectivity index (χ3v) is 6.34. The Bertz CT molecular complexity index is 996. The summed E-state index contributed by atoms with van der Waals surface area (Å²) in [5, 5.41) is 0. The molecule has 5 nitrogen and oxygen atoms in total. The van der Waals surface area contributed by atoms with Gasteiger partial charge >= 0.3 is 11.9 Å². The van der Waals surface area contributed by atoms with E-state index in [9.17, 15) is 14.4 Å². The first-order valence-electron chi connectivity index (χ1n) is 8.50. The lowest BCUT2D eigenvalue weighted by molar-refractivity contribution is -0.160. The summed E-state index contributed by atoms with van der Waals surface area (Å²) in [6.07, 6.45) is 0. The van der Waals surface area contributed by atoms with E-state index in [4.69, 9.17) is 9.47 Å². The van der Waals surface area contributed by atoms with E-state index < -0.39 is 28.7 Å². The summed E-state index contributed by atoms with van der Waals surface area (Å²) in [5.74, 6) is -2.03. The number of aryl methyl sites for hydroxylation is 1. The smallest absolute Gasteiger partial charge is 0.330 e. The third kappa shape index (κ3) is 2.13. The number of rotatable bonds is 3. The molecule has 2 aromatic carbocycles. The van der Waals surface area contributed by atoms with Crippen molar-refractivity contribution < 1.29 is 23.9 Å². The van der Waals surface area contributed by atoms with Crippen molar-refractivity contribution in [3.63, 3.8) is 0 Å². The van der Waals surface area contributed by atoms with E-state index in [0.29, 0.717) is 16.9 Å². The van der Waals surface area contributed by atoms with E-state index in [1.165, 1.54) is 7.11 Å². The number of benzene rings is 2. The first-order valence-corrected chi connectivity index (χ1v) is 9.29. The molecule has 3 atom stereocenters. The Morgan fingerprint density at radius 2 is 1.81 bits per heavy atom. The number of carbonyl (C=O) groups is 3. The fourth-order valence-electron chi connectivity index (χ4n) is 4.40. The fraction of sp³-hybridized carbons (Fsp3) is 0.286. The molecule has 0 radical (unpaired) electrons. The van der Waals surface area contributed by atoms with Gasteiger partial charge < -0.3 is 9.47 Å². The Balaban J connectivity index is 1.91. The van der Waals surface area contributed by atoms with Gasteiger partial charge in [0.25, 0.3) is 0 Å². The van der Waals surface area contributed by atoms with Gasteiger partial charge in [-0.1, -0.05) is 45.8 Å². The Hall–Kier alpha value is -2.47. The van der Waals surface area contributed by atoms with Crippen LogP contribution in [0.15, 0.2) is 46.9 Å². The van der Waals surface area contributed by atoms with Crippen LogP contribution in [0.2, 0.25) is 0 Å². The van der Waals surface area contributed by atoms with Gasteiger partial charge in [0.15, 0.2) is 11.2 Å². The lowest BCUT2D eigenvalue weighted by Crippen LogP contribution is -2.39. The summed E-state index contributed by atoms with van der Waals surface area (Å²) in [6, 6.07) is 12.3. The van der Waals surface area contributed by atoms with E-state index in [1.807, 2.05) is 19.1 Å². The minimum Gasteiger partial charge on any atom is -0.468 e. The van der Waals surface area contributed by atoms with Crippen LogP contribution in [0.4, 0.5) is 0 Å². The molecular weight excluding hydrogens is 412 g/mol. The lowest BCUT2D eigenvalue weighted by Gasteiger charge is -2.21. The molecule has 0 saturated heterocycles. The van der Waals surface area contributed by atoms with Crippen molar-refractivity contribution >= 4 is 33.7 Å². The maximum atomic E-state index is 13.4. The van der Waals surface area contributed by atoms with Crippen LogP contribution in [-0.2, 0) is 14.3 Å². The minimum atomic E-state index is -1.67. The third-order valence-electron chi connectivity index (χ3n) is 5.85. The normalized spacial score (nSPS) is 27.9. The fourth-order valence-corrected chi connectivity index (χ4v) is 4.78. The Morgan fingerprint density at radius 1 is 1.15 bits per heavy atom. The second kappa shape index (κ2) is 5.76. The average Bonchev–Trinajstić information content (AvgIpc) is 3.25. The average molecular weight is 429 g/mol. The van der Waals surface area contributed by atoms with Crippen LogP contribution in [-0.4, -0.2) is 24.8 Å². The van der Waals surface area contributed by atoms with Crippen LogP contribution in [0.3, 0.4) is 0 Å². The van der Waals surface area contributed by atoms with E-state index in [1.54, 1.807) is 37.3 Å². The molecule has 1 heterocycles. The van der Waals surface area contributed by atoms with Gasteiger partial charge in [0, 0.05) is 21.5 Å². The van der Waals surface area contributed by atoms with Crippen LogP contribution in [0, 0.1) is 17.8 Å². The van der Waals surface area contributed by atoms with Gasteiger partial charge in [0.1, 0.15) is 5.75 Å². The van der Waals surface area contributed by atoms with Crippen LogP contribution in [0.25, 0.3) is 0 Å². The highest BCUT2D eigenvalue weighted by atomic mass is 79.9. The van der Waals surface area contributed by atoms with Crippen molar-refractivity contribution in [1.82, 2.24) is 0 Å². The Labute approximate surface area is 164 Å². The van der Waals surface area contributed by atoms with Gasteiger partial charge in [-0.3, -0.25) is 14.4 Å². The molecule has 1 aliphatic carbocycles. The van der Waals surface area contributed by atoms with Crippen molar-refractivity contribution in [1.29, 1.82) is 0 Å². The van der Waals surface area contributed by atoms with E-state index in [0.717, 1.165) is 10.0 Å². The maximum absolute atomic E-state index is 13.4. The van der Waals surface area contributed by atoms with Gasteiger partial charge in [-0.15, -0.1) is 0 Å². The summed E-state index contributed by atoms with van der Waals surface area (Å²) < 4.78 is 11.2. The zero-order valence-corrected chi connectivity index (χ0v) is 16.6. The summed E-state index contributed by atoms with van der Waals surface area (Å²) >= 11 is 3.41. The molecule has 0 aromatic heterocycles. The molecule has 6 heteroatoms. The summed E-state index contributed by atoms with van der Waals surface area (Å²) in [7, 11) is 1.22. The molecule has 1 fully saturated rings. The quantitative estimate of drug-likeness (QED) is 0.321. The number of hydrogen-bond acceptors (Lipinski definition) is 5. The Kier molecular flexibility index (Phi) is 3.82. The standard InChI is InChI=1S/C21H17BrO5/c1-11-4-6-12(7-5-11)17(23)20(2)16-14-10-13(22)8-9-15(14)27-19(25)21(16,20)18(24)26-3/h4-10,16H,1-3H3/t16-,20+,21-/m1/s1. The summed E-state index contributed by atoms with van der Waals surface area (Å²) in [6.45, 7) is 3.57. The molecule has 138 valence electrons. The number of esters is 2. The van der Waals surface area contributed by atoms with Gasteiger partial charge in [0.05, 0.1) is 12.5 Å². The lowest BCUT2D eigenvalue weighted by atomic mass is 9.86. The Morgan fingerprint density at radius 3 is 2.44 bits per heavy atom. The first-order chi connectivity index (χ1) is 12.8. The highest BCUT2D eigenvalue weighted by Gasteiger charge is 2.89. The number of Topliss-reactive ketones (excluding diaryl/α,β-unsaturated/α-hetero) is 1. The SMILES string of the molecule is COC(=O)[C@@]12C(=O)Oc3ccc(Br)cc3[C@@H]1[C@@]2(C)C(=O)c1ccc(C)cc1. The number of hydrogen-bond donors (Lipinski definition) is 0. The van der Waals surface area contributed by atoms with Gasteiger partial charge in [-0.25, -0.2) is 0 Å². The highest BCUT2D eigenvalue weighted by Crippen LogP contribution is 2.78. The van der Waals surface area contributed by atoms with Crippen molar-refractivity contribution in [2.24, 2.45) is 10.8 Å². The molecular formula is C21H17BrO5. The molecule has 0 bridgehead atoms. The van der Waals surface area contributed by atoms with Crippen molar-refractivity contribution in [2.75, 3.05) is 7.11 Å². The van der Waals surface area contributed by atoms with Gasteiger partial charge in [-0.2, -0.15) is 0 Å². The minimum absolute atomic E-state index is 0.275. The number of methoxy groups -OCH3 is 1. The predicted octanol–water partition coefficient (Wildman–Crippen LogP) is 3.82. The summed E-state index contributed by atoms with van der Waals surface area (Å²) in [5.41, 5.74) is -0.834. The molecule has 27 heavy (non-hydrogen) atoms. The van der Waals surface area contributed by atoms with Gasteiger partial charge in [-0.05, 0) is 32.0 Å². The van der Waals surface area contributed by atoms with Crippen molar-refractivity contribution in [3.05, 3.63) is 63.6 Å². The van der Waals surface area contributed by atoms with Crippen molar-refractivity contribution in [3.8, 4) is 5.75 Å². The zero-order valence-electron chi connectivity index (χ0n) is 15.0. The molecule has 2 aromatic rings. The topological polar surface area (TPSA) is 69.7 Å². The molecule has 0 unspecified atom stereocenters. The predicted molar refractivity (Wildman–Crippen MR) is 101 cm³/mol. The van der Waals surface area contributed by atoms with Crippen LogP contribution in [0.5, 0.6) is 5.75 Å². The molecule has 0 amide bonds. The van der Waals surface area contributed by atoms with Gasteiger partial charge in [0.2, 0.25) is 0 Å². The highest BCUT2D eigenvalue weighted by molar-refractivity contribution is 9.10. The van der Waals surface area contributed by atoms with Crippen LogP contribution in [0.1, 0.15) is 34.3 Å². The number of ketones is 1. The molecule has 0 N–H and O–H groups in total. The number of carbonyl (C=O) groups excluding carboxylic acids is 3. The van der Waals surface area contributed by atoms with E-state index >= 15 is 0 Å².